The highest BCUT2D eigenvalue weighted by atomic mass is 16.2. The zero-order valence-electron chi connectivity index (χ0n) is 24.4. The van der Waals surface area contributed by atoms with Crippen LogP contribution in [-0.2, 0) is 11.3 Å². The molecule has 1 saturated heterocycles. The normalized spacial score (nSPS) is 17.6. The molecule has 2 fully saturated rings. The topological polar surface area (TPSA) is 94.6 Å². The number of pyridine rings is 1. The van der Waals surface area contributed by atoms with Crippen LogP contribution in [0.5, 0.6) is 0 Å². The molecule has 8 nitrogen and oxygen atoms in total. The lowest BCUT2D eigenvalue weighted by Gasteiger charge is -2.34. The van der Waals surface area contributed by atoms with Crippen molar-refractivity contribution in [1.82, 2.24) is 25.4 Å². The van der Waals surface area contributed by atoms with Gasteiger partial charge in [0, 0.05) is 48.2 Å². The summed E-state index contributed by atoms with van der Waals surface area (Å²) in [6, 6.07) is 17.3. The molecule has 1 atom stereocenters. The van der Waals surface area contributed by atoms with E-state index in [4.69, 9.17) is 4.98 Å². The molecule has 216 valence electrons. The summed E-state index contributed by atoms with van der Waals surface area (Å²) >= 11 is 0. The Kier molecular flexibility index (Phi) is 8.98. The standard InChI is InChI=1S/C33H41N5O3/c1-22(2)34-33(41)38-19-18-37(21-29(38)39)20-27-30(32(40)35-23(3)24-12-6-4-7-13-24)26-16-10-11-17-28(26)36-31(27)25-14-8-5-9-15-25/h5,8-11,14-17,22-24H,4,6-7,12-13,18-21H2,1-3H3,(H,34,41)(H,35,40)/t23-/m0/s1. The van der Waals surface area contributed by atoms with Gasteiger partial charge in [-0.1, -0.05) is 67.8 Å². The second-order valence-corrected chi connectivity index (χ2v) is 11.7. The molecule has 3 aromatic rings. The molecular weight excluding hydrogens is 514 g/mol. The number of carbonyl (C=O) groups excluding carboxylic acids is 3. The third-order valence-corrected chi connectivity index (χ3v) is 8.32. The van der Waals surface area contributed by atoms with Gasteiger partial charge in [0.05, 0.1) is 23.3 Å². The number of nitrogens with zero attached hydrogens (tertiary/aromatic N) is 3. The molecule has 1 aromatic heterocycles. The van der Waals surface area contributed by atoms with Gasteiger partial charge in [0.1, 0.15) is 0 Å². The van der Waals surface area contributed by atoms with Crippen molar-refractivity contribution in [3.63, 3.8) is 0 Å². The molecule has 2 heterocycles. The minimum Gasteiger partial charge on any atom is -0.349 e. The zero-order chi connectivity index (χ0) is 28.9. The maximum atomic E-state index is 14.2. The van der Waals surface area contributed by atoms with Crippen LogP contribution in [0.2, 0.25) is 0 Å². The van der Waals surface area contributed by atoms with Crippen LogP contribution in [0.1, 0.15) is 68.8 Å². The number of hydrogen-bond donors (Lipinski definition) is 2. The van der Waals surface area contributed by atoms with Crippen LogP contribution in [0.15, 0.2) is 54.6 Å². The summed E-state index contributed by atoms with van der Waals surface area (Å²) in [4.78, 5) is 48.1. The lowest BCUT2D eigenvalue weighted by molar-refractivity contribution is -0.132. The first-order chi connectivity index (χ1) is 19.8. The van der Waals surface area contributed by atoms with Crippen LogP contribution in [0, 0.1) is 5.92 Å². The van der Waals surface area contributed by atoms with E-state index in [1.807, 2.05) is 73.3 Å². The van der Waals surface area contributed by atoms with E-state index in [0.717, 1.165) is 40.6 Å². The summed E-state index contributed by atoms with van der Waals surface area (Å²) in [5, 5.41) is 6.96. The number of amides is 4. The highest BCUT2D eigenvalue weighted by molar-refractivity contribution is 6.09. The number of nitrogens with one attached hydrogen (secondary N) is 2. The van der Waals surface area contributed by atoms with Gasteiger partial charge in [-0.15, -0.1) is 0 Å². The minimum absolute atomic E-state index is 0.0532. The Hall–Kier alpha value is -3.78. The molecule has 1 saturated carbocycles. The number of hydrogen-bond acceptors (Lipinski definition) is 5. The average molecular weight is 556 g/mol. The number of rotatable bonds is 7. The van der Waals surface area contributed by atoms with E-state index in [-0.39, 0.29) is 36.5 Å². The van der Waals surface area contributed by atoms with Gasteiger partial charge in [-0.05, 0) is 45.6 Å². The van der Waals surface area contributed by atoms with E-state index in [9.17, 15) is 14.4 Å². The Morgan fingerprint density at radius 3 is 2.34 bits per heavy atom. The Bertz CT molecular complexity index is 1400. The summed E-state index contributed by atoms with van der Waals surface area (Å²) in [7, 11) is 0. The Morgan fingerprint density at radius 1 is 0.927 bits per heavy atom. The van der Waals surface area contributed by atoms with Crippen molar-refractivity contribution in [3.8, 4) is 11.3 Å². The number of urea groups is 1. The molecule has 5 rings (SSSR count). The zero-order valence-corrected chi connectivity index (χ0v) is 24.4. The van der Waals surface area contributed by atoms with Crippen LogP contribution in [0.25, 0.3) is 22.2 Å². The van der Waals surface area contributed by atoms with E-state index >= 15 is 0 Å². The van der Waals surface area contributed by atoms with Crippen molar-refractivity contribution in [3.05, 3.63) is 65.7 Å². The molecule has 2 aliphatic rings. The first kappa shape index (κ1) is 28.7. The van der Waals surface area contributed by atoms with E-state index < -0.39 is 0 Å². The lowest BCUT2D eigenvalue weighted by atomic mass is 9.84. The molecule has 0 spiro atoms. The summed E-state index contributed by atoms with van der Waals surface area (Å²) < 4.78 is 0. The van der Waals surface area contributed by atoms with Crippen molar-refractivity contribution >= 4 is 28.7 Å². The van der Waals surface area contributed by atoms with E-state index in [1.54, 1.807) is 0 Å². The maximum Gasteiger partial charge on any atom is 0.324 e. The number of carbonyl (C=O) groups is 3. The molecule has 0 bridgehead atoms. The number of piperazine rings is 1. The fourth-order valence-corrected chi connectivity index (χ4v) is 6.15. The van der Waals surface area contributed by atoms with Gasteiger partial charge >= 0.3 is 6.03 Å². The number of imide groups is 1. The molecule has 1 aliphatic carbocycles. The second kappa shape index (κ2) is 12.8. The highest BCUT2D eigenvalue weighted by Crippen LogP contribution is 2.33. The second-order valence-electron chi connectivity index (χ2n) is 11.7. The molecule has 0 unspecified atom stereocenters. The Labute approximate surface area is 242 Å². The molecule has 4 amide bonds. The molecule has 2 aromatic carbocycles. The molecule has 2 N–H and O–H groups in total. The van der Waals surface area contributed by atoms with Gasteiger partial charge < -0.3 is 10.6 Å². The largest absolute Gasteiger partial charge is 0.349 e. The van der Waals surface area contributed by atoms with Gasteiger partial charge in [-0.3, -0.25) is 19.4 Å². The first-order valence-corrected chi connectivity index (χ1v) is 14.9. The van der Waals surface area contributed by atoms with E-state index in [1.165, 1.54) is 24.2 Å². The third-order valence-electron chi connectivity index (χ3n) is 8.32. The molecule has 1 aliphatic heterocycles. The van der Waals surface area contributed by atoms with Crippen molar-refractivity contribution in [2.45, 2.75) is 71.5 Å². The van der Waals surface area contributed by atoms with Gasteiger partial charge in [0.25, 0.3) is 5.91 Å². The monoisotopic (exact) mass is 555 g/mol. The van der Waals surface area contributed by atoms with Crippen LogP contribution >= 0.6 is 0 Å². The van der Waals surface area contributed by atoms with Gasteiger partial charge in [-0.2, -0.15) is 0 Å². The van der Waals surface area contributed by atoms with Crippen molar-refractivity contribution < 1.29 is 14.4 Å². The molecular formula is C33H41N5O3. The lowest BCUT2D eigenvalue weighted by Crippen LogP contribution is -2.55. The summed E-state index contributed by atoms with van der Waals surface area (Å²) in [6.45, 7) is 7.13. The SMILES string of the molecule is CC(C)NC(=O)N1CCN(Cc2c(-c3ccccc3)nc3ccccc3c2C(=O)N[C@@H](C)C2CCCCC2)CC1=O. The summed E-state index contributed by atoms with van der Waals surface area (Å²) in [6.07, 6.45) is 5.96. The van der Waals surface area contributed by atoms with Gasteiger partial charge in [-0.25, -0.2) is 9.78 Å². The Balaban J connectivity index is 1.51. The number of para-hydroxylation sites is 1. The summed E-state index contributed by atoms with van der Waals surface area (Å²) in [5.74, 6) is 0.122. The van der Waals surface area contributed by atoms with E-state index in [2.05, 4.69) is 17.6 Å². The van der Waals surface area contributed by atoms with E-state index in [0.29, 0.717) is 31.1 Å². The first-order valence-electron chi connectivity index (χ1n) is 14.9. The smallest absolute Gasteiger partial charge is 0.324 e. The number of aromatic nitrogens is 1. The van der Waals surface area contributed by atoms with Crippen LogP contribution < -0.4 is 10.6 Å². The average Bonchev–Trinajstić information content (AvgIpc) is 2.97. The summed E-state index contributed by atoms with van der Waals surface area (Å²) in [5.41, 5.74) is 3.84. The quantitative estimate of drug-likeness (QED) is 0.409. The van der Waals surface area contributed by atoms with Crippen molar-refractivity contribution in [2.75, 3.05) is 19.6 Å². The van der Waals surface area contributed by atoms with Gasteiger partial charge in [0.15, 0.2) is 0 Å². The van der Waals surface area contributed by atoms with Crippen molar-refractivity contribution in [1.29, 1.82) is 0 Å². The fourth-order valence-electron chi connectivity index (χ4n) is 6.15. The molecule has 0 radical (unpaired) electrons. The van der Waals surface area contributed by atoms with Crippen molar-refractivity contribution in [2.24, 2.45) is 5.92 Å². The molecule has 41 heavy (non-hydrogen) atoms. The number of fused-ring (bicyclic) bond motifs is 1. The fraction of sp³-hybridized carbons (Fsp3) is 0.455. The number of benzene rings is 2. The third kappa shape index (κ3) is 6.59. The maximum absolute atomic E-state index is 14.2. The van der Waals surface area contributed by atoms with Crippen LogP contribution in [0.4, 0.5) is 4.79 Å². The molecule has 8 heteroatoms. The Morgan fingerprint density at radius 2 is 1.63 bits per heavy atom. The van der Waals surface area contributed by atoms with Crippen LogP contribution in [0.3, 0.4) is 0 Å². The van der Waals surface area contributed by atoms with Crippen LogP contribution in [-0.4, -0.2) is 64.3 Å². The highest BCUT2D eigenvalue weighted by Gasteiger charge is 2.32. The minimum atomic E-state index is -0.362. The van der Waals surface area contributed by atoms with Gasteiger partial charge in [0.2, 0.25) is 5.91 Å². The predicted molar refractivity (Wildman–Crippen MR) is 161 cm³/mol. The predicted octanol–water partition coefficient (Wildman–Crippen LogP) is 5.36.